The van der Waals surface area contributed by atoms with E-state index in [4.69, 9.17) is 4.42 Å². The number of carbonyl (C=O) groups is 1. The van der Waals surface area contributed by atoms with Crippen LogP contribution in [-0.2, 0) is 4.79 Å². The van der Waals surface area contributed by atoms with Crippen LogP contribution in [0.3, 0.4) is 0 Å². The first kappa shape index (κ1) is 12.1. The van der Waals surface area contributed by atoms with Crippen molar-refractivity contribution in [3.05, 3.63) is 24.2 Å². The predicted octanol–water partition coefficient (Wildman–Crippen LogP) is 0.523. The summed E-state index contributed by atoms with van der Waals surface area (Å²) in [6.07, 6.45) is 2.06. The van der Waals surface area contributed by atoms with E-state index in [0.717, 1.165) is 18.7 Å². The Balaban J connectivity index is 1.77. The standard InChI is InChI=1S/C12H18N2O3/c1-9(11-3-2-6-17-11)13-12(16)8-14-5-4-10(15)7-14/h2-3,6,9-10,15H,4-5,7-8H2,1H3,(H,13,16). The third kappa shape index (κ3) is 3.31. The van der Waals surface area contributed by atoms with E-state index >= 15 is 0 Å². The number of aliphatic hydroxyl groups is 1. The molecule has 0 bridgehead atoms. The molecule has 0 aromatic carbocycles. The van der Waals surface area contributed by atoms with Gasteiger partial charge in [-0.15, -0.1) is 0 Å². The van der Waals surface area contributed by atoms with Crippen LogP contribution in [0.1, 0.15) is 25.1 Å². The summed E-state index contributed by atoms with van der Waals surface area (Å²) >= 11 is 0. The second-order valence-corrected chi connectivity index (χ2v) is 4.48. The third-order valence-corrected chi connectivity index (χ3v) is 2.96. The van der Waals surface area contributed by atoms with Gasteiger partial charge in [0.2, 0.25) is 5.91 Å². The Morgan fingerprint density at radius 2 is 2.59 bits per heavy atom. The Morgan fingerprint density at radius 3 is 3.18 bits per heavy atom. The van der Waals surface area contributed by atoms with Crippen molar-refractivity contribution in [2.24, 2.45) is 0 Å². The molecule has 1 aliphatic heterocycles. The topological polar surface area (TPSA) is 65.7 Å². The summed E-state index contributed by atoms with van der Waals surface area (Å²) in [5.74, 6) is 0.711. The maximum Gasteiger partial charge on any atom is 0.234 e. The maximum atomic E-state index is 11.7. The van der Waals surface area contributed by atoms with Gasteiger partial charge in [0, 0.05) is 13.1 Å². The molecule has 1 saturated heterocycles. The molecule has 5 nitrogen and oxygen atoms in total. The van der Waals surface area contributed by atoms with Gasteiger partial charge in [-0.2, -0.15) is 0 Å². The minimum Gasteiger partial charge on any atom is -0.467 e. The van der Waals surface area contributed by atoms with E-state index in [9.17, 15) is 9.90 Å². The molecule has 0 spiro atoms. The number of β-amino-alcohol motifs (C(OH)–C–C–N with tert-alkyl or cyclic N) is 1. The Hall–Kier alpha value is -1.33. The molecule has 1 aromatic rings. The van der Waals surface area contributed by atoms with Gasteiger partial charge in [-0.3, -0.25) is 9.69 Å². The van der Waals surface area contributed by atoms with Gasteiger partial charge in [0.05, 0.1) is 25.0 Å². The zero-order valence-electron chi connectivity index (χ0n) is 9.93. The van der Waals surface area contributed by atoms with Crippen molar-refractivity contribution >= 4 is 5.91 Å². The number of nitrogens with zero attached hydrogens (tertiary/aromatic N) is 1. The molecule has 94 valence electrons. The summed E-state index contributed by atoms with van der Waals surface area (Å²) in [6, 6.07) is 3.52. The van der Waals surface area contributed by atoms with Crippen LogP contribution in [0.15, 0.2) is 22.8 Å². The van der Waals surface area contributed by atoms with Crippen molar-refractivity contribution in [3.63, 3.8) is 0 Å². The quantitative estimate of drug-likeness (QED) is 0.802. The van der Waals surface area contributed by atoms with Gasteiger partial charge in [0.15, 0.2) is 0 Å². The van der Waals surface area contributed by atoms with Gasteiger partial charge in [0.1, 0.15) is 5.76 Å². The fourth-order valence-corrected chi connectivity index (χ4v) is 2.05. The number of nitrogens with one attached hydrogen (secondary N) is 1. The van der Waals surface area contributed by atoms with Crippen LogP contribution in [0.5, 0.6) is 0 Å². The summed E-state index contributed by atoms with van der Waals surface area (Å²) in [4.78, 5) is 13.7. The molecular formula is C12H18N2O3. The zero-order chi connectivity index (χ0) is 12.3. The van der Waals surface area contributed by atoms with E-state index in [1.807, 2.05) is 17.9 Å². The molecule has 0 aliphatic carbocycles. The van der Waals surface area contributed by atoms with Crippen LogP contribution < -0.4 is 5.32 Å². The molecule has 1 amide bonds. The van der Waals surface area contributed by atoms with Crippen molar-refractivity contribution in [1.82, 2.24) is 10.2 Å². The highest BCUT2D eigenvalue weighted by atomic mass is 16.3. The smallest absolute Gasteiger partial charge is 0.234 e. The lowest BCUT2D eigenvalue weighted by Crippen LogP contribution is -2.37. The maximum absolute atomic E-state index is 11.7. The number of likely N-dealkylation sites (tertiary alicyclic amines) is 1. The molecular weight excluding hydrogens is 220 g/mol. The predicted molar refractivity (Wildman–Crippen MR) is 62.3 cm³/mol. The van der Waals surface area contributed by atoms with Crippen LogP contribution in [0.4, 0.5) is 0 Å². The lowest BCUT2D eigenvalue weighted by atomic mass is 10.2. The number of aliphatic hydroxyl groups excluding tert-OH is 1. The zero-order valence-corrected chi connectivity index (χ0v) is 9.93. The number of carbonyl (C=O) groups excluding carboxylic acids is 1. The summed E-state index contributed by atoms with van der Waals surface area (Å²) in [5, 5.41) is 12.2. The first-order valence-corrected chi connectivity index (χ1v) is 5.88. The lowest BCUT2D eigenvalue weighted by Gasteiger charge is -2.16. The second-order valence-electron chi connectivity index (χ2n) is 4.48. The Bertz CT molecular complexity index is 364. The first-order valence-electron chi connectivity index (χ1n) is 5.88. The molecule has 1 aromatic heterocycles. The third-order valence-electron chi connectivity index (χ3n) is 2.96. The molecule has 2 heterocycles. The van der Waals surface area contributed by atoms with E-state index in [1.165, 1.54) is 0 Å². The van der Waals surface area contributed by atoms with Crippen molar-refractivity contribution < 1.29 is 14.3 Å². The Morgan fingerprint density at radius 1 is 1.76 bits per heavy atom. The highest BCUT2D eigenvalue weighted by molar-refractivity contribution is 5.78. The summed E-state index contributed by atoms with van der Waals surface area (Å²) in [5.41, 5.74) is 0. The van der Waals surface area contributed by atoms with Crippen LogP contribution >= 0.6 is 0 Å². The van der Waals surface area contributed by atoms with E-state index in [0.29, 0.717) is 13.1 Å². The van der Waals surface area contributed by atoms with Crippen molar-refractivity contribution in [3.8, 4) is 0 Å². The van der Waals surface area contributed by atoms with Crippen LogP contribution in [0.25, 0.3) is 0 Å². The lowest BCUT2D eigenvalue weighted by molar-refractivity contribution is -0.122. The van der Waals surface area contributed by atoms with E-state index in [2.05, 4.69) is 5.32 Å². The first-order chi connectivity index (χ1) is 8.15. The van der Waals surface area contributed by atoms with Gasteiger partial charge in [-0.1, -0.05) is 0 Å². The Kier molecular flexibility index (Phi) is 3.81. The monoisotopic (exact) mass is 238 g/mol. The number of amides is 1. The molecule has 2 unspecified atom stereocenters. The average Bonchev–Trinajstić information content (AvgIpc) is 2.89. The molecule has 2 atom stereocenters. The molecule has 1 fully saturated rings. The average molecular weight is 238 g/mol. The number of hydrogen-bond acceptors (Lipinski definition) is 4. The van der Waals surface area contributed by atoms with Gasteiger partial charge in [-0.25, -0.2) is 0 Å². The molecule has 0 saturated carbocycles. The largest absolute Gasteiger partial charge is 0.467 e. The van der Waals surface area contributed by atoms with Crippen molar-refractivity contribution in [2.75, 3.05) is 19.6 Å². The minimum absolute atomic E-state index is 0.0389. The fraction of sp³-hybridized carbons (Fsp3) is 0.583. The SMILES string of the molecule is CC(NC(=O)CN1CCC(O)C1)c1ccco1. The van der Waals surface area contributed by atoms with Crippen molar-refractivity contribution in [1.29, 1.82) is 0 Å². The molecule has 0 radical (unpaired) electrons. The van der Waals surface area contributed by atoms with Crippen LogP contribution in [0.2, 0.25) is 0 Å². The van der Waals surface area contributed by atoms with Crippen LogP contribution in [0, 0.1) is 0 Å². The fourth-order valence-electron chi connectivity index (χ4n) is 2.05. The molecule has 17 heavy (non-hydrogen) atoms. The highest BCUT2D eigenvalue weighted by Crippen LogP contribution is 2.12. The highest BCUT2D eigenvalue weighted by Gasteiger charge is 2.22. The van der Waals surface area contributed by atoms with Crippen LogP contribution in [-0.4, -0.2) is 41.7 Å². The van der Waals surface area contributed by atoms with Gasteiger partial charge < -0.3 is 14.8 Å². The summed E-state index contributed by atoms with van der Waals surface area (Å²) < 4.78 is 5.21. The van der Waals surface area contributed by atoms with Crippen molar-refractivity contribution in [2.45, 2.75) is 25.5 Å². The number of furan rings is 1. The number of hydrogen-bond donors (Lipinski definition) is 2. The number of rotatable bonds is 4. The molecule has 5 heteroatoms. The van der Waals surface area contributed by atoms with Gasteiger partial charge >= 0.3 is 0 Å². The van der Waals surface area contributed by atoms with E-state index < -0.39 is 0 Å². The molecule has 2 rings (SSSR count). The summed E-state index contributed by atoms with van der Waals surface area (Å²) in [6.45, 7) is 3.59. The minimum atomic E-state index is -0.287. The van der Waals surface area contributed by atoms with Gasteiger partial charge in [-0.05, 0) is 25.5 Å². The van der Waals surface area contributed by atoms with Gasteiger partial charge in [0.25, 0.3) is 0 Å². The molecule has 1 aliphatic rings. The van der Waals surface area contributed by atoms with E-state index in [-0.39, 0.29) is 18.1 Å². The molecule has 2 N–H and O–H groups in total. The Labute approximate surface area is 100 Å². The summed E-state index contributed by atoms with van der Waals surface area (Å²) in [7, 11) is 0. The van der Waals surface area contributed by atoms with E-state index in [1.54, 1.807) is 12.3 Å². The normalized spacial score (nSPS) is 22.6. The second kappa shape index (κ2) is 5.33.